The van der Waals surface area contributed by atoms with Crippen molar-refractivity contribution < 1.29 is 4.74 Å². The first-order chi connectivity index (χ1) is 6.56. The molecule has 1 aromatic carbocycles. The van der Waals surface area contributed by atoms with Crippen molar-refractivity contribution in [1.82, 2.24) is 0 Å². The predicted molar refractivity (Wildman–Crippen MR) is 61.3 cm³/mol. The van der Waals surface area contributed by atoms with Crippen LogP contribution in [0.25, 0.3) is 8.79 Å². The fourth-order valence-corrected chi connectivity index (χ4v) is 3.80. The van der Waals surface area contributed by atoms with Crippen LogP contribution in [0.1, 0.15) is 20.8 Å². The van der Waals surface area contributed by atoms with E-state index in [-0.39, 0.29) is 26.0 Å². The fourth-order valence-electron chi connectivity index (χ4n) is 1.38. The van der Waals surface area contributed by atoms with E-state index in [0.29, 0.717) is 0 Å². The van der Waals surface area contributed by atoms with E-state index in [0.717, 1.165) is 5.75 Å². The van der Waals surface area contributed by atoms with Gasteiger partial charge in [-0.05, 0) is 0 Å². The van der Waals surface area contributed by atoms with Crippen molar-refractivity contribution in [2.75, 3.05) is 0 Å². The van der Waals surface area contributed by atoms with Crippen LogP contribution in [-0.2, 0) is 0 Å². The molecule has 0 aliphatic heterocycles. The standard InChI is InChI=1S/C12H14OTe/c1-12(2,3)13-10-6-4-5-9-7-8-14-11(9)10/h4-8H,1-3H3. The minimum atomic E-state index is -0.134. The van der Waals surface area contributed by atoms with Crippen molar-refractivity contribution in [2.24, 2.45) is 0 Å². The second kappa shape index (κ2) is 3.60. The number of hydrogen-bond donors (Lipinski definition) is 0. The normalized spacial score (nSPS) is 11.9. The zero-order valence-electron chi connectivity index (χ0n) is 8.70. The second-order valence-electron chi connectivity index (χ2n) is 4.31. The van der Waals surface area contributed by atoms with Gasteiger partial charge in [-0.25, -0.2) is 0 Å². The second-order valence-corrected chi connectivity index (χ2v) is 6.92. The van der Waals surface area contributed by atoms with Crippen molar-refractivity contribution in [3.63, 3.8) is 0 Å². The third-order valence-corrected chi connectivity index (χ3v) is 4.56. The van der Waals surface area contributed by atoms with E-state index in [2.05, 4.69) is 49.1 Å². The summed E-state index contributed by atoms with van der Waals surface area (Å²) in [6.07, 6.45) is 0. The van der Waals surface area contributed by atoms with Crippen molar-refractivity contribution in [1.29, 1.82) is 0 Å². The molecule has 1 heterocycles. The zero-order valence-corrected chi connectivity index (χ0v) is 11.0. The quantitative estimate of drug-likeness (QED) is 0.736. The van der Waals surface area contributed by atoms with Crippen LogP contribution in [0.2, 0.25) is 0 Å². The van der Waals surface area contributed by atoms with Crippen LogP contribution in [0.3, 0.4) is 0 Å². The molecule has 0 aliphatic carbocycles. The molecule has 0 fully saturated rings. The third kappa shape index (κ3) is 2.13. The molecule has 0 N–H and O–H groups in total. The van der Waals surface area contributed by atoms with Gasteiger partial charge in [0.2, 0.25) is 0 Å². The summed E-state index contributed by atoms with van der Waals surface area (Å²) in [5.74, 6) is 1.09. The molecular formula is C12H14OTe. The molecule has 2 heteroatoms. The molecule has 0 amide bonds. The molecule has 0 saturated carbocycles. The van der Waals surface area contributed by atoms with Crippen LogP contribution in [0.5, 0.6) is 5.75 Å². The molecule has 0 bridgehead atoms. The molecule has 2 rings (SSSR count). The van der Waals surface area contributed by atoms with Crippen molar-refractivity contribution >= 4 is 29.2 Å². The van der Waals surface area contributed by atoms with Crippen molar-refractivity contribution in [3.05, 3.63) is 28.3 Å². The van der Waals surface area contributed by atoms with Gasteiger partial charge in [-0.15, -0.1) is 0 Å². The van der Waals surface area contributed by atoms with Crippen molar-refractivity contribution in [3.8, 4) is 5.75 Å². The van der Waals surface area contributed by atoms with Crippen molar-refractivity contribution in [2.45, 2.75) is 26.4 Å². The van der Waals surface area contributed by atoms with E-state index in [9.17, 15) is 0 Å². The van der Waals surface area contributed by atoms with Crippen LogP contribution in [-0.4, -0.2) is 26.0 Å². The molecule has 0 radical (unpaired) electrons. The van der Waals surface area contributed by atoms with Gasteiger partial charge in [-0.2, -0.15) is 0 Å². The van der Waals surface area contributed by atoms with Gasteiger partial charge in [0, 0.05) is 0 Å². The Hall–Kier alpha value is -0.450. The van der Waals surface area contributed by atoms with Crippen LogP contribution in [0, 0.1) is 0 Å². The summed E-state index contributed by atoms with van der Waals surface area (Å²) < 4.78 is 9.70. The summed E-state index contributed by atoms with van der Waals surface area (Å²) in [7, 11) is 0. The Morgan fingerprint density at radius 3 is 2.64 bits per heavy atom. The summed E-state index contributed by atoms with van der Waals surface area (Å²) in [5, 5.41) is 1.36. The predicted octanol–water partition coefficient (Wildman–Crippen LogP) is 3.07. The van der Waals surface area contributed by atoms with E-state index >= 15 is 0 Å². The minimum absolute atomic E-state index is 0.0926. The summed E-state index contributed by atoms with van der Waals surface area (Å²) in [5.41, 5.74) is -0.0926. The fraction of sp³-hybridized carbons (Fsp3) is 0.333. The Kier molecular flexibility index (Phi) is 2.60. The summed E-state index contributed by atoms with van der Waals surface area (Å²) in [4.78, 5) is 0. The molecule has 14 heavy (non-hydrogen) atoms. The van der Waals surface area contributed by atoms with E-state index in [4.69, 9.17) is 4.74 Å². The van der Waals surface area contributed by atoms with Gasteiger partial charge in [0.25, 0.3) is 0 Å². The Morgan fingerprint density at radius 1 is 1.14 bits per heavy atom. The average molecular weight is 302 g/mol. The number of hydrogen-bond acceptors (Lipinski definition) is 1. The van der Waals surface area contributed by atoms with Gasteiger partial charge in [0.15, 0.2) is 0 Å². The summed E-state index contributed by atoms with van der Waals surface area (Å²) in [6, 6.07) is 8.54. The van der Waals surface area contributed by atoms with Gasteiger partial charge >= 0.3 is 94.4 Å². The van der Waals surface area contributed by atoms with Gasteiger partial charge in [-0.3, -0.25) is 0 Å². The summed E-state index contributed by atoms with van der Waals surface area (Å²) in [6.45, 7) is 6.28. The molecule has 0 aliphatic rings. The third-order valence-electron chi connectivity index (χ3n) is 1.86. The number of ether oxygens (including phenoxy) is 1. The van der Waals surface area contributed by atoms with Crippen LogP contribution >= 0.6 is 0 Å². The topological polar surface area (TPSA) is 9.23 Å². The van der Waals surface area contributed by atoms with Gasteiger partial charge < -0.3 is 0 Å². The molecule has 1 nitrogen and oxygen atoms in total. The van der Waals surface area contributed by atoms with Gasteiger partial charge in [0.1, 0.15) is 0 Å². The average Bonchev–Trinajstić information content (AvgIpc) is 2.49. The first-order valence-corrected chi connectivity index (χ1v) is 7.22. The Balaban J connectivity index is 2.46. The van der Waals surface area contributed by atoms with Crippen LogP contribution < -0.4 is 4.74 Å². The van der Waals surface area contributed by atoms with E-state index in [1.165, 1.54) is 8.79 Å². The molecule has 0 spiro atoms. The first-order valence-electron chi connectivity index (χ1n) is 4.71. The maximum atomic E-state index is 5.94. The van der Waals surface area contributed by atoms with E-state index < -0.39 is 0 Å². The number of rotatable bonds is 1. The van der Waals surface area contributed by atoms with Gasteiger partial charge in [-0.1, -0.05) is 0 Å². The molecule has 74 valence electrons. The first kappa shape index (κ1) is 10.1. The molecule has 0 unspecified atom stereocenters. The van der Waals surface area contributed by atoms with Crippen LogP contribution in [0.15, 0.2) is 28.3 Å². The SMILES string of the molecule is CC(C)(C)Oc1cccc2cc[te]c12. The van der Waals surface area contributed by atoms with E-state index in [1.54, 1.807) is 0 Å². The zero-order chi connectivity index (χ0) is 10.2. The van der Waals surface area contributed by atoms with Gasteiger partial charge in [0.05, 0.1) is 0 Å². The Bertz CT molecular complexity index is 437. The van der Waals surface area contributed by atoms with Crippen LogP contribution in [0.4, 0.5) is 0 Å². The number of benzene rings is 1. The molecule has 0 atom stereocenters. The molecule has 0 saturated heterocycles. The maximum absolute atomic E-state index is 5.94. The summed E-state index contributed by atoms with van der Waals surface area (Å²) >= 11 is -0.134. The number of fused-ring (bicyclic) bond motifs is 1. The molecule has 1 aromatic heterocycles. The van der Waals surface area contributed by atoms with E-state index in [1.807, 2.05) is 0 Å². The monoisotopic (exact) mass is 304 g/mol. The Morgan fingerprint density at radius 2 is 1.93 bits per heavy atom. The molecular weight excluding hydrogens is 288 g/mol. The Labute approximate surface area is 94.3 Å². The molecule has 2 aromatic rings.